The van der Waals surface area contributed by atoms with Crippen LogP contribution in [0.4, 0.5) is 11.6 Å². The minimum atomic E-state index is 0.543. The molecule has 2 aromatic rings. The topological polar surface area (TPSA) is 59.5 Å². The van der Waals surface area contributed by atoms with Crippen molar-refractivity contribution in [3.8, 4) is 0 Å². The van der Waals surface area contributed by atoms with Crippen LogP contribution in [0.1, 0.15) is 38.5 Å². The van der Waals surface area contributed by atoms with Gasteiger partial charge in [-0.1, -0.05) is 25.7 Å². The Balaban J connectivity index is 1.95. The maximum Gasteiger partial charge on any atom is 0.180 e. The molecular weight excluding hydrogens is 238 g/mol. The van der Waals surface area contributed by atoms with Crippen molar-refractivity contribution in [2.75, 3.05) is 17.7 Å². The number of nitrogens with zero attached hydrogens (tertiary/aromatic N) is 4. The van der Waals surface area contributed by atoms with Gasteiger partial charge in [0.15, 0.2) is 11.5 Å². The molecule has 1 fully saturated rings. The van der Waals surface area contributed by atoms with Gasteiger partial charge in [-0.15, -0.1) is 0 Å². The van der Waals surface area contributed by atoms with E-state index in [1.54, 1.807) is 6.20 Å². The van der Waals surface area contributed by atoms with Crippen molar-refractivity contribution in [3.63, 3.8) is 0 Å². The first-order valence-electron chi connectivity index (χ1n) is 7.08. The molecule has 0 bridgehead atoms. The third kappa shape index (κ3) is 2.37. The van der Waals surface area contributed by atoms with Crippen LogP contribution in [0.5, 0.6) is 0 Å². The summed E-state index contributed by atoms with van der Waals surface area (Å²) in [7, 11) is 2.12. The zero-order chi connectivity index (χ0) is 13.2. The summed E-state index contributed by atoms with van der Waals surface area (Å²) in [6.45, 7) is 0. The quantitative estimate of drug-likeness (QED) is 0.842. The van der Waals surface area contributed by atoms with Gasteiger partial charge in [-0.25, -0.2) is 9.97 Å². The number of hydrogen-bond acceptors (Lipinski definition) is 4. The number of anilines is 2. The van der Waals surface area contributed by atoms with E-state index in [4.69, 9.17) is 5.73 Å². The highest BCUT2D eigenvalue weighted by molar-refractivity contribution is 5.66. The van der Waals surface area contributed by atoms with Crippen LogP contribution < -0.4 is 10.6 Å². The first kappa shape index (κ1) is 12.3. The van der Waals surface area contributed by atoms with E-state index in [0.29, 0.717) is 11.9 Å². The molecule has 19 heavy (non-hydrogen) atoms. The van der Waals surface area contributed by atoms with Crippen LogP contribution in [0, 0.1) is 0 Å². The van der Waals surface area contributed by atoms with E-state index in [2.05, 4.69) is 21.9 Å². The Bertz CT molecular complexity index is 554. The summed E-state index contributed by atoms with van der Waals surface area (Å²) in [5.74, 6) is 1.44. The molecule has 5 heteroatoms. The largest absolute Gasteiger partial charge is 0.382 e. The zero-order valence-electron chi connectivity index (χ0n) is 11.4. The van der Waals surface area contributed by atoms with Gasteiger partial charge in [0, 0.05) is 25.5 Å². The lowest BCUT2D eigenvalue weighted by Crippen LogP contribution is -2.32. The van der Waals surface area contributed by atoms with Crippen molar-refractivity contribution in [2.45, 2.75) is 44.6 Å². The fourth-order valence-electron chi connectivity index (χ4n) is 2.99. The number of nitrogens with two attached hydrogens (primary N) is 1. The van der Waals surface area contributed by atoms with Crippen LogP contribution in [0.15, 0.2) is 18.6 Å². The number of hydrogen-bond donors (Lipinski definition) is 1. The van der Waals surface area contributed by atoms with Gasteiger partial charge in [0.1, 0.15) is 5.82 Å². The van der Waals surface area contributed by atoms with Crippen molar-refractivity contribution in [1.29, 1.82) is 0 Å². The van der Waals surface area contributed by atoms with E-state index in [1.165, 1.54) is 38.5 Å². The normalized spacial score (nSPS) is 17.5. The molecule has 0 spiro atoms. The summed E-state index contributed by atoms with van der Waals surface area (Å²) in [5.41, 5.74) is 6.79. The van der Waals surface area contributed by atoms with E-state index in [9.17, 15) is 0 Å². The fraction of sp³-hybridized carbons (Fsp3) is 0.571. The van der Waals surface area contributed by atoms with Crippen LogP contribution in [0.2, 0.25) is 0 Å². The Morgan fingerprint density at radius 2 is 2.00 bits per heavy atom. The van der Waals surface area contributed by atoms with Crippen LogP contribution in [0.3, 0.4) is 0 Å². The SMILES string of the molecule is CN(c1nc(N)cn2ccnc12)C1CCCCCC1. The average molecular weight is 259 g/mol. The molecule has 2 heterocycles. The molecule has 0 aromatic carbocycles. The molecule has 0 aliphatic heterocycles. The molecule has 0 atom stereocenters. The molecule has 1 aliphatic rings. The van der Waals surface area contributed by atoms with Crippen molar-refractivity contribution in [1.82, 2.24) is 14.4 Å². The van der Waals surface area contributed by atoms with Crippen molar-refractivity contribution >= 4 is 17.3 Å². The Kier molecular flexibility index (Phi) is 3.27. The Hall–Kier alpha value is -1.78. The maximum absolute atomic E-state index is 5.90. The predicted molar refractivity (Wildman–Crippen MR) is 77.3 cm³/mol. The average Bonchev–Trinajstić information content (AvgIpc) is 2.70. The van der Waals surface area contributed by atoms with Crippen LogP contribution in [-0.4, -0.2) is 27.5 Å². The Labute approximate surface area is 113 Å². The highest BCUT2D eigenvalue weighted by Gasteiger charge is 2.21. The van der Waals surface area contributed by atoms with Gasteiger partial charge in [0.2, 0.25) is 0 Å². The lowest BCUT2D eigenvalue weighted by Gasteiger charge is -2.28. The predicted octanol–water partition coefficient (Wildman–Crippen LogP) is 2.47. The number of imidazole rings is 1. The number of fused-ring (bicyclic) bond motifs is 1. The Morgan fingerprint density at radius 3 is 2.74 bits per heavy atom. The Morgan fingerprint density at radius 1 is 1.26 bits per heavy atom. The summed E-state index contributed by atoms with van der Waals surface area (Å²) in [6.07, 6.45) is 13.3. The van der Waals surface area contributed by atoms with Crippen molar-refractivity contribution in [3.05, 3.63) is 18.6 Å². The second-order valence-electron chi connectivity index (χ2n) is 5.40. The standard InChI is InChI=1S/C14H21N5/c1-18(11-6-4-2-3-5-7-11)14-13-16-8-9-19(13)10-12(15)17-14/h8-11H,2-7,15H2,1H3. The third-order valence-electron chi connectivity index (χ3n) is 4.08. The van der Waals surface area contributed by atoms with Crippen LogP contribution in [-0.2, 0) is 0 Å². The minimum absolute atomic E-state index is 0.543. The van der Waals surface area contributed by atoms with E-state index in [1.807, 2.05) is 16.8 Å². The van der Waals surface area contributed by atoms with Gasteiger partial charge in [-0.2, -0.15) is 0 Å². The van der Waals surface area contributed by atoms with Crippen LogP contribution >= 0.6 is 0 Å². The summed E-state index contributed by atoms with van der Waals surface area (Å²) < 4.78 is 1.95. The molecule has 3 rings (SSSR count). The van der Waals surface area contributed by atoms with E-state index >= 15 is 0 Å². The summed E-state index contributed by atoms with van der Waals surface area (Å²) in [4.78, 5) is 11.2. The second kappa shape index (κ2) is 5.07. The lowest BCUT2D eigenvalue weighted by atomic mass is 10.1. The number of aromatic nitrogens is 3. The second-order valence-corrected chi connectivity index (χ2v) is 5.40. The molecule has 2 aromatic heterocycles. The van der Waals surface area contributed by atoms with Gasteiger partial charge in [-0.3, -0.25) is 0 Å². The van der Waals surface area contributed by atoms with E-state index < -0.39 is 0 Å². The number of rotatable bonds is 2. The smallest absolute Gasteiger partial charge is 0.180 e. The van der Waals surface area contributed by atoms with E-state index in [-0.39, 0.29) is 0 Å². The molecule has 102 valence electrons. The van der Waals surface area contributed by atoms with Crippen molar-refractivity contribution < 1.29 is 0 Å². The fourth-order valence-corrected chi connectivity index (χ4v) is 2.99. The van der Waals surface area contributed by atoms with E-state index in [0.717, 1.165) is 11.5 Å². The van der Waals surface area contributed by atoms with Gasteiger partial charge in [-0.05, 0) is 12.8 Å². The van der Waals surface area contributed by atoms with Crippen LogP contribution in [0.25, 0.3) is 5.65 Å². The highest BCUT2D eigenvalue weighted by Crippen LogP contribution is 2.27. The summed E-state index contributed by atoms with van der Waals surface area (Å²) in [6, 6.07) is 0.553. The first-order valence-corrected chi connectivity index (χ1v) is 7.08. The molecule has 1 saturated carbocycles. The minimum Gasteiger partial charge on any atom is -0.382 e. The molecule has 1 aliphatic carbocycles. The van der Waals surface area contributed by atoms with Gasteiger partial charge in [0.05, 0.1) is 6.20 Å². The highest BCUT2D eigenvalue weighted by atomic mass is 15.2. The molecule has 2 N–H and O–H groups in total. The lowest BCUT2D eigenvalue weighted by molar-refractivity contribution is 0.550. The molecule has 0 amide bonds. The molecule has 0 unspecified atom stereocenters. The first-order chi connectivity index (χ1) is 9.25. The van der Waals surface area contributed by atoms with Gasteiger partial charge >= 0.3 is 0 Å². The van der Waals surface area contributed by atoms with Gasteiger partial charge in [0.25, 0.3) is 0 Å². The zero-order valence-corrected chi connectivity index (χ0v) is 11.4. The van der Waals surface area contributed by atoms with Gasteiger partial charge < -0.3 is 15.0 Å². The maximum atomic E-state index is 5.90. The molecule has 0 radical (unpaired) electrons. The number of nitrogen functional groups attached to an aromatic ring is 1. The van der Waals surface area contributed by atoms with Crippen molar-refractivity contribution in [2.24, 2.45) is 0 Å². The summed E-state index contributed by atoms with van der Waals surface area (Å²) >= 11 is 0. The monoisotopic (exact) mass is 259 g/mol. The molecular formula is C14H21N5. The molecule has 0 saturated heterocycles. The summed E-state index contributed by atoms with van der Waals surface area (Å²) in [5, 5.41) is 0. The molecule has 5 nitrogen and oxygen atoms in total. The third-order valence-corrected chi connectivity index (χ3v) is 4.08.